The summed E-state index contributed by atoms with van der Waals surface area (Å²) in [6.07, 6.45) is 7.90. The van der Waals surface area contributed by atoms with Crippen LogP contribution >= 0.6 is 0 Å². The van der Waals surface area contributed by atoms with Gasteiger partial charge in [-0.15, -0.1) is 0 Å². The number of carbonyl (C=O) groups is 1. The van der Waals surface area contributed by atoms with Gasteiger partial charge in [-0.2, -0.15) is 0 Å². The Morgan fingerprint density at radius 2 is 2.11 bits per heavy atom. The van der Waals surface area contributed by atoms with Gasteiger partial charge in [0.1, 0.15) is 0 Å². The summed E-state index contributed by atoms with van der Waals surface area (Å²) in [5.74, 6) is 0.823. The van der Waals surface area contributed by atoms with E-state index in [9.17, 15) is 4.79 Å². The number of methoxy groups -OCH3 is 1. The second kappa shape index (κ2) is 10.2. The van der Waals surface area contributed by atoms with Gasteiger partial charge in [0, 0.05) is 19.6 Å². The maximum atomic E-state index is 11.8. The summed E-state index contributed by atoms with van der Waals surface area (Å²) in [5.41, 5.74) is 0. The molecule has 2 atom stereocenters. The Morgan fingerprint density at radius 1 is 1.26 bits per heavy atom. The summed E-state index contributed by atoms with van der Waals surface area (Å²) < 4.78 is 10.2. The molecule has 0 bridgehead atoms. The molecule has 1 amide bonds. The molecule has 0 spiro atoms. The van der Waals surface area contributed by atoms with Crippen molar-refractivity contribution in [2.24, 2.45) is 5.92 Å². The minimum Gasteiger partial charge on any atom is -0.382 e. The first kappa shape index (κ1) is 16.4. The largest absolute Gasteiger partial charge is 0.382 e. The lowest BCUT2D eigenvalue weighted by atomic mass is 9.97. The van der Waals surface area contributed by atoms with E-state index in [-0.39, 0.29) is 5.91 Å². The van der Waals surface area contributed by atoms with E-state index in [2.05, 4.69) is 12.2 Å². The van der Waals surface area contributed by atoms with Crippen LogP contribution in [0.1, 0.15) is 51.9 Å². The zero-order valence-corrected chi connectivity index (χ0v) is 12.5. The monoisotopic (exact) mass is 271 g/mol. The summed E-state index contributed by atoms with van der Waals surface area (Å²) in [4.78, 5) is 11.8. The predicted octanol–water partition coefficient (Wildman–Crippen LogP) is 2.51. The van der Waals surface area contributed by atoms with Crippen molar-refractivity contribution in [1.82, 2.24) is 5.32 Å². The smallest absolute Gasteiger partial charge is 0.222 e. The van der Waals surface area contributed by atoms with Gasteiger partial charge < -0.3 is 14.8 Å². The van der Waals surface area contributed by atoms with Gasteiger partial charge in [-0.25, -0.2) is 0 Å². The fourth-order valence-corrected chi connectivity index (χ4v) is 2.73. The van der Waals surface area contributed by atoms with Crippen LogP contribution in [-0.2, 0) is 14.3 Å². The molecule has 0 saturated heterocycles. The van der Waals surface area contributed by atoms with E-state index in [0.29, 0.717) is 38.2 Å². The zero-order valence-electron chi connectivity index (χ0n) is 12.5. The third-order valence-electron chi connectivity index (χ3n) is 3.84. The molecule has 0 radical (unpaired) electrons. The van der Waals surface area contributed by atoms with E-state index in [1.165, 1.54) is 32.1 Å². The van der Waals surface area contributed by atoms with Crippen molar-refractivity contribution in [3.05, 3.63) is 0 Å². The number of nitrogens with one attached hydrogen (secondary N) is 1. The molecule has 19 heavy (non-hydrogen) atoms. The molecule has 0 heterocycles. The quantitative estimate of drug-likeness (QED) is 0.621. The molecule has 1 aliphatic rings. The van der Waals surface area contributed by atoms with Crippen LogP contribution in [0.25, 0.3) is 0 Å². The van der Waals surface area contributed by atoms with Gasteiger partial charge in [0.15, 0.2) is 0 Å². The molecule has 0 aromatic rings. The normalized spacial score (nSPS) is 22.6. The van der Waals surface area contributed by atoms with Crippen LogP contribution in [0.4, 0.5) is 0 Å². The fourth-order valence-electron chi connectivity index (χ4n) is 2.73. The van der Waals surface area contributed by atoms with Crippen LogP contribution in [0.15, 0.2) is 0 Å². The van der Waals surface area contributed by atoms with E-state index in [4.69, 9.17) is 9.47 Å². The van der Waals surface area contributed by atoms with E-state index < -0.39 is 0 Å². The summed E-state index contributed by atoms with van der Waals surface area (Å²) in [7, 11) is 1.65. The Labute approximate surface area is 117 Å². The average molecular weight is 271 g/mol. The average Bonchev–Trinajstić information content (AvgIpc) is 2.83. The predicted molar refractivity (Wildman–Crippen MR) is 76.1 cm³/mol. The second-order valence-corrected chi connectivity index (χ2v) is 5.36. The van der Waals surface area contributed by atoms with Gasteiger partial charge in [-0.1, -0.05) is 26.2 Å². The number of hydrogen-bond donors (Lipinski definition) is 1. The lowest BCUT2D eigenvalue weighted by Crippen LogP contribution is -2.37. The zero-order chi connectivity index (χ0) is 13.9. The van der Waals surface area contributed by atoms with Crippen LogP contribution < -0.4 is 5.32 Å². The topological polar surface area (TPSA) is 47.6 Å². The minimum absolute atomic E-state index is 0.130. The summed E-state index contributed by atoms with van der Waals surface area (Å²) in [6.45, 7) is 3.86. The molecule has 0 aromatic heterocycles. The first-order chi connectivity index (χ1) is 9.27. The van der Waals surface area contributed by atoms with E-state index in [1.807, 2.05) is 0 Å². The fraction of sp³-hybridized carbons (Fsp3) is 0.933. The molecule has 2 unspecified atom stereocenters. The highest BCUT2D eigenvalue weighted by atomic mass is 16.5. The Morgan fingerprint density at radius 3 is 2.84 bits per heavy atom. The maximum absolute atomic E-state index is 11.8. The van der Waals surface area contributed by atoms with Crippen LogP contribution in [-0.4, -0.2) is 38.9 Å². The van der Waals surface area contributed by atoms with Gasteiger partial charge in [-0.05, 0) is 25.2 Å². The first-order valence-electron chi connectivity index (χ1n) is 7.64. The summed E-state index contributed by atoms with van der Waals surface area (Å²) in [5, 5.41) is 3.18. The molecule has 1 aliphatic carbocycles. The van der Waals surface area contributed by atoms with Crippen LogP contribution in [0.2, 0.25) is 0 Å². The van der Waals surface area contributed by atoms with Crippen molar-refractivity contribution in [1.29, 1.82) is 0 Å². The molecule has 1 rings (SSSR count). The van der Waals surface area contributed by atoms with Crippen molar-refractivity contribution < 1.29 is 14.3 Å². The van der Waals surface area contributed by atoms with Crippen molar-refractivity contribution in [3.8, 4) is 0 Å². The maximum Gasteiger partial charge on any atom is 0.222 e. The number of hydrogen-bond acceptors (Lipinski definition) is 3. The highest BCUT2D eigenvalue weighted by Crippen LogP contribution is 2.29. The van der Waals surface area contributed by atoms with Gasteiger partial charge in [0.05, 0.1) is 19.8 Å². The third kappa shape index (κ3) is 6.92. The Bertz CT molecular complexity index is 246. The highest BCUT2D eigenvalue weighted by Gasteiger charge is 2.27. The molecule has 1 N–H and O–H groups in total. The van der Waals surface area contributed by atoms with E-state index in [1.54, 1.807) is 7.11 Å². The number of rotatable bonds is 10. The summed E-state index contributed by atoms with van der Waals surface area (Å²) in [6, 6.07) is 0.401. The Kier molecular flexibility index (Phi) is 8.84. The Hall–Kier alpha value is -0.610. The number of ether oxygens (including phenoxy) is 2. The molecule has 1 fully saturated rings. The van der Waals surface area contributed by atoms with Crippen LogP contribution in [0.3, 0.4) is 0 Å². The standard InChI is InChI=1S/C15H29NO3/c1-3-4-6-13-7-5-8-14(13)16-15(17)9-10-19-12-11-18-2/h13-14H,3-12H2,1-2H3,(H,16,17). The molecule has 4 nitrogen and oxygen atoms in total. The Balaban J connectivity index is 2.12. The highest BCUT2D eigenvalue weighted by molar-refractivity contribution is 5.76. The van der Waals surface area contributed by atoms with Crippen molar-refractivity contribution >= 4 is 5.91 Å². The second-order valence-electron chi connectivity index (χ2n) is 5.36. The number of amides is 1. The lowest BCUT2D eigenvalue weighted by Gasteiger charge is -2.20. The third-order valence-corrected chi connectivity index (χ3v) is 3.84. The number of carbonyl (C=O) groups excluding carboxylic acids is 1. The molecule has 112 valence electrons. The number of unbranched alkanes of at least 4 members (excludes halogenated alkanes) is 1. The first-order valence-corrected chi connectivity index (χ1v) is 7.64. The molecule has 0 aliphatic heterocycles. The van der Waals surface area contributed by atoms with Gasteiger partial charge in [-0.3, -0.25) is 4.79 Å². The van der Waals surface area contributed by atoms with Crippen molar-refractivity contribution in [2.45, 2.75) is 57.9 Å². The van der Waals surface area contributed by atoms with E-state index >= 15 is 0 Å². The molecule has 0 aromatic carbocycles. The van der Waals surface area contributed by atoms with Crippen LogP contribution in [0.5, 0.6) is 0 Å². The van der Waals surface area contributed by atoms with Crippen LogP contribution in [0, 0.1) is 5.92 Å². The van der Waals surface area contributed by atoms with E-state index in [0.717, 1.165) is 6.42 Å². The van der Waals surface area contributed by atoms with Crippen molar-refractivity contribution in [2.75, 3.05) is 26.9 Å². The summed E-state index contributed by atoms with van der Waals surface area (Å²) >= 11 is 0. The van der Waals surface area contributed by atoms with Gasteiger partial charge in [0.2, 0.25) is 5.91 Å². The van der Waals surface area contributed by atoms with Gasteiger partial charge in [0.25, 0.3) is 0 Å². The van der Waals surface area contributed by atoms with Gasteiger partial charge >= 0.3 is 0 Å². The SMILES string of the molecule is CCCCC1CCCC1NC(=O)CCOCCOC. The van der Waals surface area contributed by atoms with Crippen molar-refractivity contribution in [3.63, 3.8) is 0 Å². The molecular formula is C15H29NO3. The lowest BCUT2D eigenvalue weighted by molar-refractivity contribution is -0.123. The molecular weight excluding hydrogens is 242 g/mol. The minimum atomic E-state index is 0.130. The molecule has 4 heteroatoms. The molecule has 1 saturated carbocycles.